The number of carbonyl (C=O) groups is 1. The summed E-state index contributed by atoms with van der Waals surface area (Å²) in [5.41, 5.74) is 0.869. The van der Waals surface area contributed by atoms with Gasteiger partial charge in [-0.3, -0.25) is 0 Å². The van der Waals surface area contributed by atoms with Crippen molar-refractivity contribution in [3.63, 3.8) is 0 Å². The van der Waals surface area contributed by atoms with Crippen LogP contribution in [0.15, 0.2) is 23.6 Å². The third-order valence-electron chi connectivity index (χ3n) is 3.22. The number of aromatic carboxylic acids is 1. The van der Waals surface area contributed by atoms with Gasteiger partial charge in [0.2, 0.25) is 0 Å². The summed E-state index contributed by atoms with van der Waals surface area (Å²) in [4.78, 5) is 17.2. The lowest BCUT2D eigenvalue weighted by Gasteiger charge is -2.14. The topological polar surface area (TPSA) is 71.9 Å². The molecule has 2 aromatic rings. The van der Waals surface area contributed by atoms with E-state index in [1.54, 1.807) is 0 Å². The van der Waals surface area contributed by atoms with Crippen LogP contribution in [0.1, 0.15) is 23.8 Å². The lowest BCUT2D eigenvalue weighted by molar-refractivity contribution is 0.0691. The molecule has 1 N–H and O–H groups in total. The van der Waals surface area contributed by atoms with E-state index in [0.717, 1.165) is 18.5 Å². The van der Waals surface area contributed by atoms with Crippen molar-refractivity contribution < 1.29 is 19.4 Å². The number of ether oxygens (including phenoxy) is 2. The van der Waals surface area contributed by atoms with Crippen molar-refractivity contribution in [3.05, 3.63) is 29.3 Å². The lowest BCUT2D eigenvalue weighted by Crippen LogP contribution is -2.15. The molecule has 0 unspecified atom stereocenters. The first-order valence-corrected chi connectivity index (χ1v) is 8.62. The quantitative estimate of drug-likeness (QED) is 0.700. The van der Waals surface area contributed by atoms with E-state index in [1.807, 2.05) is 39.2 Å². The van der Waals surface area contributed by atoms with E-state index < -0.39 is 5.97 Å². The number of carboxylic acids is 1. The van der Waals surface area contributed by atoms with Gasteiger partial charge in [0.25, 0.3) is 0 Å². The van der Waals surface area contributed by atoms with Crippen LogP contribution in [0.25, 0.3) is 10.6 Å². The highest BCUT2D eigenvalue weighted by Gasteiger charge is 2.13. The Morgan fingerprint density at radius 1 is 1.29 bits per heavy atom. The molecule has 1 aromatic carbocycles. The standard InChI is InChI=1S/C17H22N2O4S/c1-4-22-15-10-12(16-18-13(11-24-16)17(20)21)6-7-14(15)23-9-5-8-19(2)3/h6-7,10-11H,4-5,8-9H2,1-3H3,(H,20,21). The normalized spacial score (nSPS) is 10.8. The van der Waals surface area contributed by atoms with Crippen LogP contribution in [0.5, 0.6) is 11.5 Å². The number of benzene rings is 1. The van der Waals surface area contributed by atoms with E-state index in [1.165, 1.54) is 16.7 Å². The summed E-state index contributed by atoms with van der Waals surface area (Å²) >= 11 is 1.29. The second-order valence-electron chi connectivity index (χ2n) is 5.44. The van der Waals surface area contributed by atoms with Crippen LogP contribution in [-0.4, -0.2) is 54.8 Å². The molecule has 2 rings (SSSR count). The fraction of sp³-hybridized carbons (Fsp3) is 0.412. The van der Waals surface area contributed by atoms with Gasteiger partial charge in [0, 0.05) is 17.5 Å². The molecule has 7 heteroatoms. The molecular weight excluding hydrogens is 328 g/mol. The minimum absolute atomic E-state index is 0.0528. The molecule has 1 aromatic heterocycles. The highest BCUT2D eigenvalue weighted by atomic mass is 32.1. The van der Waals surface area contributed by atoms with Gasteiger partial charge < -0.3 is 19.5 Å². The van der Waals surface area contributed by atoms with Crippen LogP contribution in [0.2, 0.25) is 0 Å². The third-order valence-corrected chi connectivity index (χ3v) is 4.11. The minimum atomic E-state index is -1.02. The number of rotatable bonds is 9. The molecule has 0 aliphatic rings. The second-order valence-corrected chi connectivity index (χ2v) is 6.30. The Kier molecular flexibility index (Phi) is 6.57. The first-order chi connectivity index (χ1) is 11.5. The van der Waals surface area contributed by atoms with Crippen LogP contribution in [0.3, 0.4) is 0 Å². The monoisotopic (exact) mass is 350 g/mol. The van der Waals surface area contributed by atoms with Gasteiger partial charge in [-0.2, -0.15) is 0 Å². The summed E-state index contributed by atoms with van der Waals surface area (Å²) in [5, 5.41) is 11.2. The fourth-order valence-electron chi connectivity index (χ4n) is 2.10. The number of thiazole rings is 1. The molecule has 24 heavy (non-hydrogen) atoms. The first-order valence-electron chi connectivity index (χ1n) is 7.74. The minimum Gasteiger partial charge on any atom is -0.490 e. The molecule has 1 heterocycles. The van der Waals surface area contributed by atoms with Crippen LogP contribution in [0.4, 0.5) is 0 Å². The molecule has 0 fully saturated rings. The summed E-state index contributed by atoms with van der Waals surface area (Å²) in [6.07, 6.45) is 0.925. The summed E-state index contributed by atoms with van der Waals surface area (Å²) < 4.78 is 11.5. The average molecular weight is 350 g/mol. The average Bonchev–Trinajstić information content (AvgIpc) is 3.03. The smallest absolute Gasteiger partial charge is 0.355 e. The molecule has 0 atom stereocenters. The Morgan fingerprint density at radius 2 is 2.08 bits per heavy atom. The summed E-state index contributed by atoms with van der Waals surface area (Å²) in [6, 6.07) is 5.56. The lowest BCUT2D eigenvalue weighted by atomic mass is 10.2. The second kappa shape index (κ2) is 8.65. The van der Waals surface area contributed by atoms with Gasteiger partial charge in [-0.1, -0.05) is 0 Å². The molecule has 0 spiro atoms. The predicted octanol–water partition coefficient (Wildman–Crippen LogP) is 3.24. The zero-order valence-electron chi connectivity index (χ0n) is 14.1. The maximum atomic E-state index is 11.0. The van der Waals surface area contributed by atoms with Crippen LogP contribution < -0.4 is 9.47 Å². The number of aromatic nitrogens is 1. The van der Waals surface area contributed by atoms with Gasteiger partial charge in [-0.15, -0.1) is 11.3 Å². The highest BCUT2D eigenvalue weighted by Crippen LogP contribution is 2.34. The van der Waals surface area contributed by atoms with Crippen molar-refractivity contribution in [2.75, 3.05) is 33.9 Å². The van der Waals surface area contributed by atoms with E-state index in [9.17, 15) is 4.79 Å². The molecule has 6 nitrogen and oxygen atoms in total. The number of hydrogen-bond donors (Lipinski definition) is 1. The van der Waals surface area contributed by atoms with Crippen LogP contribution >= 0.6 is 11.3 Å². The summed E-state index contributed by atoms with van der Waals surface area (Å²) in [6.45, 7) is 4.00. The Bertz CT molecular complexity index is 685. The maximum absolute atomic E-state index is 11.0. The summed E-state index contributed by atoms with van der Waals surface area (Å²) in [5.74, 6) is 0.310. The van der Waals surface area contributed by atoms with E-state index in [2.05, 4.69) is 9.88 Å². The summed E-state index contributed by atoms with van der Waals surface area (Å²) in [7, 11) is 4.06. The van der Waals surface area contributed by atoms with Gasteiger partial charge in [0.05, 0.1) is 13.2 Å². The fourth-order valence-corrected chi connectivity index (χ4v) is 2.89. The van der Waals surface area contributed by atoms with Crippen LogP contribution in [0, 0.1) is 0 Å². The number of nitrogens with zero attached hydrogens (tertiary/aromatic N) is 2. The van der Waals surface area contributed by atoms with Crippen molar-refractivity contribution in [1.82, 2.24) is 9.88 Å². The van der Waals surface area contributed by atoms with E-state index >= 15 is 0 Å². The molecule has 130 valence electrons. The number of hydrogen-bond acceptors (Lipinski definition) is 6. The van der Waals surface area contributed by atoms with Gasteiger partial charge in [0.15, 0.2) is 17.2 Å². The predicted molar refractivity (Wildman–Crippen MR) is 94.3 cm³/mol. The molecule has 0 radical (unpaired) electrons. The molecule has 0 aliphatic carbocycles. The van der Waals surface area contributed by atoms with Crippen molar-refractivity contribution in [3.8, 4) is 22.1 Å². The van der Waals surface area contributed by atoms with Crippen molar-refractivity contribution in [2.45, 2.75) is 13.3 Å². The zero-order chi connectivity index (χ0) is 17.5. The van der Waals surface area contributed by atoms with Gasteiger partial charge in [-0.05, 0) is 45.6 Å². The molecule has 0 aliphatic heterocycles. The Balaban J connectivity index is 2.14. The Hall–Kier alpha value is -2.12. The molecular formula is C17H22N2O4S. The van der Waals surface area contributed by atoms with Gasteiger partial charge in [0.1, 0.15) is 5.01 Å². The zero-order valence-corrected chi connectivity index (χ0v) is 14.9. The molecule has 0 saturated carbocycles. The molecule has 0 saturated heterocycles. The molecule has 0 bridgehead atoms. The maximum Gasteiger partial charge on any atom is 0.355 e. The van der Waals surface area contributed by atoms with E-state index in [-0.39, 0.29) is 5.69 Å². The van der Waals surface area contributed by atoms with Gasteiger partial charge in [-0.25, -0.2) is 9.78 Å². The van der Waals surface area contributed by atoms with Crippen molar-refractivity contribution >= 4 is 17.3 Å². The van der Waals surface area contributed by atoms with Crippen LogP contribution in [-0.2, 0) is 0 Å². The molecule has 0 amide bonds. The Labute approximate surface area is 145 Å². The van der Waals surface area contributed by atoms with Gasteiger partial charge >= 0.3 is 5.97 Å². The highest BCUT2D eigenvalue weighted by molar-refractivity contribution is 7.13. The van der Waals surface area contributed by atoms with Crippen molar-refractivity contribution in [2.24, 2.45) is 0 Å². The largest absolute Gasteiger partial charge is 0.490 e. The SMILES string of the molecule is CCOc1cc(-c2nc(C(=O)O)cs2)ccc1OCCCN(C)C. The van der Waals surface area contributed by atoms with E-state index in [0.29, 0.717) is 29.7 Å². The Morgan fingerprint density at radius 3 is 2.71 bits per heavy atom. The third kappa shape index (κ3) is 4.94. The number of carboxylic acid groups (broad SMARTS) is 1. The first kappa shape index (κ1) is 18.2. The van der Waals surface area contributed by atoms with Crippen molar-refractivity contribution in [1.29, 1.82) is 0 Å². The van der Waals surface area contributed by atoms with E-state index in [4.69, 9.17) is 14.6 Å².